The molecule has 166 valence electrons. The summed E-state index contributed by atoms with van der Waals surface area (Å²) in [5.41, 5.74) is 4.64. The highest BCUT2D eigenvalue weighted by atomic mass is 32.1. The smallest absolute Gasteiger partial charge is 0.256 e. The molecule has 0 fully saturated rings. The Morgan fingerprint density at radius 1 is 0.824 bits per heavy atom. The average molecular weight is 465 g/mol. The number of ketones is 1. The minimum Gasteiger partial charge on any atom is -0.306 e. The Morgan fingerprint density at radius 3 is 2.32 bits per heavy atom. The fourth-order valence-corrected chi connectivity index (χ4v) is 5.24. The monoisotopic (exact) mass is 464 g/mol. The third-order valence-electron chi connectivity index (χ3n) is 6.05. The van der Waals surface area contributed by atoms with E-state index in [2.05, 4.69) is 5.32 Å². The number of carbonyl (C=O) groups is 2. The number of amides is 1. The molecule has 0 aliphatic heterocycles. The Balaban J connectivity index is 1.29. The third-order valence-corrected chi connectivity index (χ3v) is 7.06. The zero-order valence-electron chi connectivity index (χ0n) is 18.2. The number of carbonyl (C=O) groups excluding carboxylic acids is 2. The molecule has 0 unspecified atom stereocenters. The van der Waals surface area contributed by atoms with Crippen molar-refractivity contribution in [3.05, 3.63) is 107 Å². The van der Waals surface area contributed by atoms with Crippen LogP contribution in [0.25, 0.3) is 15.3 Å². The molecule has 1 amide bonds. The number of para-hydroxylation sites is 1. The van der Waals surface area contributed by atoms with Crippen molar-refractivity contribution >= 4 is 39.1 Å². The molecule has 3 aromatic carbocycles. The quantitative estimate of drug-likeness (QED) is 0.351. The van der Waals surface area contributed by atoms with Gasteiger partial charge >= 0.3 is 0 Å². The van der Waals surface area contributed by atoms with Crippen LogP contribution in [-0.2, 0) is 12.8 Å². The summed E-state index contributed by atoms with van der Waals surface area (Å²) in [6.45, 7) is 0. The Labute approximate surface area is 199 Å². The summed E-state index contributed by atoms with van der Waals surface area (Å²) in [7, 11) is 0. The molecule has 0 bridgehead atoms. The molecule has 2 heterocycles. The minimum atomic E-state index is -0.240. The van der Waals surface area contributed by atoms with Crippen molar-refractivity contribution in [1.29, 1.82) is 0 Å². The molecule has 2 aromatic heterocycles. The number of nitrogens with one attached hydrogen (secondary N) is 1. The fourth-order valence-electron chi connectivity index (χ4n) is 4.32. The van der Waals surface area contributed by atoms with Gasteiger partial charge in [-0.1, -0.05) is 65.9 Å². The van der Waals surface area contributed by atoms with Crippen molar-refractivity contribution in [1.82, 2.24) is 14.8 Å². The summed E-state index contributed by atoms with van der Waals surface area (Å²) in [5.74, 6) is 0.371. The molecule has 5 aromatic rings. The predicted molar refractivity (Wildman–Crippen MR) is 133 cm³/mol. The lowest BCUT2D eigenvalue weighted by molar-refractivity contribution is 0.101. The van der Waals surface area contributed by atoms with Crippen molar-refractivity contribution in [2.75, 3.05) is 5.32 Å². The molecular formula is C27H20N4O2S. The van der Waals surface area contributed by atoms with Crippen LogP contribution in [0.2, 0.25) is 0 Å². The van der Waals surface area contributed by atoms with Crippen LogP contribution in [0.5, 0.6) is 0 Å². The van der Waals surface area contributed by atoms with E-state index in [1.807, 2.05) is 42.5 Å². The van der Waals surface area contributed by atoms with Crippen molar-refractivity contribution in [2.45, 2.75) is 19.3 Å². The van der Waals surface area contributed by atoms with E-state index in [0.717, 1.165) is 45.9 Å². The van der Waals surface area contributed by atoms with Crippen LogP contribution in [0, 0.1) is 0 Å². The van der Waals surface area contributed by atoms with Gasteiger partial charge < -0.3 is 5.32 Å². The van der Waals surface area contributed by atoms with Gasteiger partial charge in [-0.25, -0.2) is 4.98 Å². The van der Waals surface area contributed by atoms with Gasteiger partial charge in [0, 0.05) is 22.3 Å². The Bertz CT molecular complexity index is 1500. The molecule has 6 rings (SSSR count). The maximum absolute atomic E-state index is 13.2. The van der Waals surface area contributed by atoms with Crippen molar-refractivity contribution in [3.63, 3.8) is 0 Å². The zero-order valence-corrected chi connectivity index (χ0v) is 19.0. The summed E-state index contributed by atoms with van der Waals surface area (Å²) in [6, 6.07) is 23.8. The van der Waals surface area contributed by atoms with Gasteiger partial charge in [0.05, 0.1) is 15.9 Å². The van der Waals surface area contributed by atoms with E-state index in [0.29, 0.717) is 22.5 Å². The van der Waals surface area contributed by atoms with Crippen LogP contribution in [0.15, 0.2) is 78.9 Å². The normalized spacial score (nSPS) is 12.6. The number of thiazole rings is 1. The van der Waals surface area contributed by atoms with Crippen LogP contribution >= 0.6 is 11.3 Å². The first-order valence-electron chi connectivity index (χ1n) is 11.2. The van der Waals surface area contributed by atoms with E-state index in [4.69, 9.17) is 10.1 Å². The first-order valence-corrected chi connectivity index (χ1v) is 12.0. The second-order valence-corrected chi connectivity index (χ2v) is 9.24. The first kappa shape index (κ1) is 20.5. The lowest BCUT2D eigenvalue weighted by atomic mass is 10.0. The van der Waals surface area contributed by atoms with Crippen LogP contribution in [0.3, 0.4) is 0 Å². The summed E-state index contributed by atoms with van der Waals surface area (Å²) in [5, 5.41) is 8.58. The number of anilines is 1. The Hall–Kier alpha value is -4.10. The number of fused-ring (bicyclic) bond motifs is 2. The van der Waals surface area contributed by atoms with Crippen molar-refractivity contribution < 1.29 is 9.59 Å². The van der Waals surface area contributed by atoms with E-state index >= 15 is 0 Å². The zero-order chi connectivity index (χ0) is 23.1. The highest BCUT2D eigenvalue weighted by molar-refractivity contribution is 7.20. The molecule has 1 aliphatic carbocycles. The van der Waals surface area contributed by atoms with Crippen LogP contribution in [0.4, 0.5) is 5.82 Å². The second-order valence-electron chi connectivity index (χ2n) is 8.23. The van der Waals surface area contributed by atoms with E-state index < -0.39 is 0 Å². The highest BCUT2D eigenvalue weighted by Crippen LogP contribution is 2.34. The molecule has 1 N–H and O–H groups in total. The van der Waals surface area contributed by atoms with Crippen molar-refractivity contribution in [3.8, 4) is 5.13 Å². The summed E-state index contributed by atoms with van der Waals surface area (Å²) < 4.78 is 2.84. The van der Waals surface area contributed by atoms with Crippen LogP contribution in [0.1, 0.15) is 44.0 Å². The van der Waals surface area contributed by atoms with Gasteiger partial charge in [0.1, 0.15) is 5.82 Å². The van der Waals surface area contributed by atoms with Gasteiger partial charge in [0.25, 0.3) is 5.91 Å². The number of hydrogen-bond acceptors (Lipinski definition) is 5. The highest BCUT2D eigenvalue weighted by Gasteiger charge is 2.26. The molecule has 0 radical (unpaired) electrons. The second kappa shape index (κ2) is 8.35. The van der Waals surface area contributed by atoms with E-state index in [9.17, 15) is 9.59 Å². The SMILES string of the molecule is O=C(Nc1c2c(nn1-c1nc3ccccc3s1)CCC2)c1ccc(C(=O)c2ccccc2)cc1. The third kappa shape index (κ3) is 3.60. The molecule has 1 aliphatic rings. The fraction of sp³-hybridized carbons (Fsp3) is 0.111. The molecule has 0 saturated heterocycles. The number of benzene rings is 3. The number of rotatable bonds is 5. The van der Waals surface area contributed by atoms with E-state index in [1.54, 1.807) is 52.4 Å². The largest absolute Gasteiger partial charge is 0.306 e. The van der Waals surface area contributed by atoms with Gasteiger partial charge in [-0.3, -0.25) is 9.59 Å². The topological polar surface area (TPSA) is 76.9 Å². The summed E-state index contributed by atoms with van der Waals surface area (Å²) in [6.07, 6.45) is 2.80. The van der Waals surface area contributed by atoms with Gasteiger partial charge in [-0.15, -0.1) is 0 Å². The summed E-state index contributed by atoms with van der Waals surface area (Å²) in [4.78, 5) is 30.6. The number of aromatic nitrogens is 3. The van der Waals surface area contributed by atoms with E-state index in [1.165, 1.54) is 0 Å². The van der Waals surface area contributed by atoms with Gasteiger partial charge in [-0.05, 0) is 43.5 Å². The van der Waals surface area contributed by atoms with Crippen molar-refractivity contribution in [2.24, 2.45) is 0 Å². The maximum atomic E-state index is 13.2. The van der Waals surface area contributed by atoms with Gasteiger partial charge in [-0.2, -0.15) is 9.78 Å². The molecular weight excluding hydrogens is 444 g/mol. The van der Waals surface area contributed by atoms with E-state index in [-0.39, 0.29) is 11.7 Å². The Kier molecular flexibility index (Phi) is 5.04. The van der Waals surface area contributed by atoms with Crippen LogP contribution < -0.4 is 5.32 Å². The Morgan fingerprint density at radius 2 is 1.53 bits per heavy atom. The number of aryl methyl sites for hydroxylation is 1. The molecule has 34 heavy (non-hydrogen) atoms. The van der Waals surface area contributed by atoms with Crippen LogP contribution in [-0.4, -0.2) is 26.5 Å². The van der Waals surface area contributed by atoms with Gasteiger partial charge in [0.2, 0.25) is 5.13 Å². The average Bonchev–Trinajstić information content (AvgIpc) is 3.59. The molecule has 6 nitrogen and oxygen atoms in total. The van der Waals surface area contributed by atoms with Gasteiger partial charge in [0.15, 0.2) is 5.78 Å². The lowest BCUT2D eigenvalue weighted by Crippen LogP contribution is -2.16. The number of hydrogen-bond donors (Lipinski definition) is 1. The molecule has 0 atom stereocenters. The number of nitrogens with zero attached hydrogens (tertiary/aromatic N) is 3. The lowest BCUT2D eigenvalue weighted by Gasteiger charge is -2.09. The molecule has 7 heteroatoms. The summed E-state index contributed by atoms with van der Waals surface area (Å²) >= 11 is 1.55. The standard InChI is InChI=1S/C27H20N4O2S/c32-24(17-7-2-1-3-8-17)18-13-15-19(16-14-18)26(33)29-25-20-9-6-11-21(20)30-31(25)27-28-22-10-4-5-12-23(22)34-27/h1-5,7-8,10,12-16H,6,9,11H2,(H,29,33). The first-order chi connectivity index (χ1) is 16.7. The maximum Gasteiger partial charge on any atom is 0.256 e. The predicted octanol–water partition coefficient (Wildman–Crippen LogP) is 5.45. The molecule has 0 saturated carbocycles. The molecule has 0 spiro atoms. The minimum absolute atomic E-state index is 0.0701.